The van der Waals surface area contributed by atoms with Crippen LogP contribution in [0, 0.1) is 0 Å². The monoisotopic (exact) mass is 268 g/mol. The summed E-state index contributed by atoms with van der Waals surface area (Å²) in [6, 6.07) is 0. The molecule has 6 nitrogen and oxygen atoms in total. The Kier molecular flexibility index (Phi) is 4.74. The molecule has 0 unspecified atom stereocenters. The van der Waals surface area contributed by atoms with E-state index in [1.807, 2.05) is 19.9 Å². The molecule has 0 aromatic carbocycles. The molecule has 104 valence electrons. The number of allylic oxidation sites excluding steroid dienone is 2. The van der Waals surface area contributed by atoms with Gasteiger partial charge in [0.2, 0.25) is 0 Å². The molecule has 1 aliphatic rings. The van der Waals surface area contributed by atoms with Crippen LogP contribution in [0.3, 0.4) is 0 Å². The lowest BCUT2D eigenvalue weighted by Gasteiger charge is -2.13. The number of rotatable bonds is 6. The smallest absolute Gasteiger partial charge is 0.375 e. The summed E-state index contributed by atoms with van der Waals surface area (Å²) in [5.41, 5.74) is 1.64. The van der Waals surface area contributed by atoms with E-state index in [4.69, 9.17) is 19.7 Å². The highest BCUT2D eigenvalue weighted by Crippen LogP contribution is 2.28. The largest absolute Gasteiger partial charge is 0.475 e. The van der Waals surface area contributed by atoms with Crippen LogP contribution in [0.25, 0.3) is 0 Å². The summed E-state index contributed by atoms with van der Waals surface area (Å²) in [6.07, 6.45) is 2.16. The molecule has 0 aliphatic carbocycles. The molecule has 0 spiro atoms. The van der Waals surface area contributed by atoms with E-state index in [0.717, 1.165) is 5.57 Å². The van der Waals surface area contributed by atoms with Crippen molar-refractivity contribution in [1.82, 2.24) is 0 Å². The summed E-state index contributed by atoms with van der Waals surface area (Å²) >= 11 is 0. The molecule has 1 heterocycles. The maximum absolute atomic E-state index is 10.8. The molecule has 0 radical (unpaired) electrons. The van der Waals surface area contributed by atoms with Gasteiger partial charge < -0.3 is 19.7 Å². The number of carboxylic acid groups (broad SMARTS) is 2. The van der Waals surface area contributed by atoms with E-state index in [0.29, 0.717) is 18.4 Å². The van der Waals surface area contributed by atoms with Gasteiger partial charge in [0.25, 0.3) is 17.8 Å². The normalized spacial score (nSPS) is 14.6. The van der Waals surface area contributed by atoms with E-state index in [1.165, 1.54) is 0 Å². The minimum atomic E-state index is -1.48. The Labute approximate surface area is 110 Å². The van der Waals surface area contributed by atoms with E-state index in [-0.39, 0.29) is 0 Å². The SMILES string of the molecule is C=C(CCC=C(C)C)C1OC(C(=O)O)=C(C(=O)O)O1. The fourth-order valence-corrected chi connectivity index (χ4v) is 1.47. The number of carbonyl (C=O) groups is 2. The van der Waals surface area contributed by atoms with Crippen LogP contribution < -0.4 is 0 Å². The van der Waals surface area contributed by atoms with Crippen LogP contribution in [0.4, 0.5) is 0 Å². The minimum Gasteiger partial charge on any atom is -0.475 e. The first-order valence-corrected chi connectivity index (χ1v) is 5.68. The first-order chi connectivity index (χ1) is 8.82. The van der Waals surface area contributed by atoms with E-state index in [2.05, 4.69) is 6.58 Å². The summed E-state index contributed by atoms with van der Waals surface area (Å²) in [5.74, 6) is -4.34. The van der Waals surface area contributed by atoms with Gasteiger partial charge in [0, 0.05) is 5.57 Å². The predicted octanol–water partition coefficient (Wildman–Crippen LogP) is 2.04. The van der Waals surface area contributed by atoms with Gasteiger partial charge in [0.1, 0.15) is 0 Å². The lowest BCUT2D eigenvalue weighted by molar-refractivity contribution is -0.138. The summed E-state index contributed by atoms with van der Waals surface area (Å²) in [4.78, 5) is 21.6. The molecule has 0 aromatic heterocycles. The van der Waals surface area contributed by atoms with Gasteiger partial charge in [-0.15, -0.1) is 0 Å². The fourth-order valence-electron chi connectivity index (χ4n) is 1.47. The molecule has 1 aliphatic heterocycles. The highest BCUT2D eigenvalue weighted by Gasteiger charge is 2.37. The zero-order valence-electron chi connectivity index (χ0n) is 10.8. The van der Waals surface area contributed by atoms with Crippen LogP contribution in [0.5, 0.6) is 0 Å². The Morgan fingerprint density at radius 2 is 1.68 bits per heavy atom. The lowest BCUT2D eigenvalue weighted by Crippen LogP contribution is -2.14. The first-order valence-electron chi connectivity index (χ1n) is 5.68. The van der Waals surface area contributed by atoms with Crippen LogP contribution in [-0.2, 0) is 19.1 Å². The van der Waals surface area contributed by atoms with Gasteiger partial charge in [0.05, 0.1) is 0 Å². The van der Waals surface area contributed by atoms with Gasteiger partial charge in [0.15, 0.2) is 0 Å². The van der Waals surface area contributed by atoms with Gasteiger partial charge in [-0.3, -0.25) is 0 Å². The maximum atomic E-state index is 10.8. The highest BCUT2D eigenvalue weighted by atomic mass is 16.7. The molecule has 0 fully saturated rings. The number of hydrogen-bond donors (Lipinski definition) is 2. The highest BCUT2D eigenvalue weighted by molar-refractivity contribution is 5.96. The van der Waals surface area contributed by atoms with E-state index in [9.17, 15) is 9.59 Å². The van der Waals surface area contributed by atoms with Crippen molar-refractivity contribution in [3.8, 4) is 0 Å². The first kappa shape index (κ1) is 14.8. The Bertz CT molecular complexity index is 442. The number of aliphatic carboxylic acids is 2. The van der Waals surface area contributed by atoms with Gasteiger partial charge in [-0.1, -0.05) is 18.2 Å². The Morgan fingerprint density at radius 3 is 2.05 bits per heavy atom. The molecule has 6 heteroatoms. The molecule has 0 saturated heterocycles. The average Bonchev–Trinajstić information content (AvgIpc) is 2.73. The van der Waals surface area contributed by atoms with Gasteiger partial charge in [-0.2, -0.15) is 0 Å². The third-order valence-corrected chi connectivity index (χ3v) is 2.40. The van der Waals surface area contributed by atoms with Crippen molar-refractivity contribution in [2.45, 2.75) is 33.0 Å². The second-order valence-electron chi connectivity index (χ2n) is 4.31. The molecule has 19 heavy (non-hydrogen) atoms. The van der Waals surface area contributed by atoms with E-state index >= 15 is 0 Å². The molecule has 1 rings (SSSR count). The molecule has 0 saturated carbocycles. The van der Waals surface area contributed by atoms with E-state index < -0.39 is 29.7 Å². The zero-order valence-corrected chi connectivity index (χ0v) is 10.8. The van der Waals surface area contributed by atoms with Crippen LogP contribution in [0.1, 0.15) is 26.7 Å². The quantitative estimate of drug-likeness (QED) is 0.716. The number of carboxylic acids is 2. The van der Waals surface area contributed by atoms with Crippen LogP contribution in [0.15, 0.2) is 35.3 Å². The molecular weight excluding hydrogens is 252 g/mol. The second-order valence-corrected chi connectivity index (χ2v) is 4.31. The number of ether oxygens (including phenoxy) is 2. The number of hydrogen-bond acceptors (Lipinski definition) is 4. The van der Waals surface area contributed by atoms with Crippen LogP contribution in [0.2, 0.25) is 0 Å². The second kappa shape index (κ2) is 6.08. The van der Waals surface area contributed by atoms with Gasteiger partial charge >= 0.3 is 11.9 Å². The van der Waals surface area contributed by atoms with Crippen molar-refractivity contribution >= 4 is 11.9 Å². The van der Waals surface area contributed by atoms with Crippen molar-refractivity contribution in [1.29, 1.82) is 0 Å². The van der Waals surface area contributed by atoms with Gasteiger partial charge in [-0.05, 0) is 26.7 Å². The van der Waals surface area contributed by atoms with Crippen LogP contribution >= 0.6 is 0 Å². The molecule has 0 amide bonds. The molecule has 0 bridgehead atoms. The van der Waals surface area contributed by atoms with Crippen molar-refractivity contribution in [3.05, 3.63) is 35.3 Å². The summed E-state index contributed by atoms with van der Waals surface area (Å²) in [6.45, 7) is 7.64. The third kappa shape index (κ3) is 3.87. The molecule has 2 N–H and O–H groups in total. The molecular formula is C13H16O6. The van der Waals surface area contributed by atoms with Crippen LogP contribution in [-0.4, -0.2) is 28.4 Å². The van der Waals surface area contributed by atoms with Crippen molar-refractivity contribution in [3.63, 3.8) is 0 Å². The van der Waals surface area contributed by atoms with Gasteiger partial charge in [-0.25, -0.2) is 9.59 Å². The lowest BCUT2D eigenvalue weighted by atomic mass is 10.1. The van der Waals surface area contributed by atoms with Crippen molar-refractivity contribution in [2.24, 2.45) is 0 Å². The summed E-state index contributed by atoms with van der Waals surface area (Å²) in [7, 11) is 0. The molecule has 0 aromatic rings. The average molecular weight is 268 g/mol. The maximum Gasteiger partial charge on any atom is 0.375 e. The van der Waals surface area contributed by atoms with E-state index in [1.54, 1.807) is 0 Å². The van der Waals surface area contributed by atoms with Crippen molar-refractivity contribution < 1.29 is 29.3 Å². The summed E-state index contributed by atoms with van der Waals surface area (Å²) < 4.78 is 9.95. The Balaban J connectivity index is 2.66. The zero-order chi connectivity index (χ0) is 14.6. The topological polar surface area (TPSA) is 93.1 Å². The standard InChI is InChI=1S/C13H16O6/c1-7(2)5-4-6-8(3)13-18-9(11(14)15)10(19-13)12(16)17/h5,13H,3-4,6H2,1-2H3,(H,14,15)(H,16,17). The van der Waals surface area contributed by atoms with Crippen molar-refractivity contribution in [2.75, 3.05) is 0 Å². The molecule has 0 atom stereocenters. The Hall–Kier alpha value is -2.24. The summed E-state index contributed by atoms with van der Waals surface area (Å²) in [5, 5.41) is 17.6. The fraction of sp³-hybridized carbons (Fsp3) is 0.385. The predicted molar refractivity (Wildman–Crippen MR) is 66.1 cm³/mol. The Morgan fingerprint density at radius 1 is 1.21 bits per heavy atom. The minimum absolute atomic E-state index is 0.493. The third-order valence-electron chi connectivity index (χ3n) is 2.40.